The zero-order valence-corrected chi connectivity index (χ0v) is 20.5. The zero-order chi connectivity index (χ0) is 22.0. The predicted octanol–water partition coefficient (Wildman–Crippen LogP) is 8.23. The fourth-order valence-electron chi connectivity index (χ4n) is 6.24. The second-order valence-corrected chi connectivity index (χ2v) is 12.8. The molecule has 0 bridgehead atoms. The Hall–Kier alpha value is -1.73. The molecule has 2 fully saturated rings. The van der Waals surface area contributed by atoms with Gasteiger partial charge in [0.15, 0.2) is 0 Å². The van der Waals surface area contributed by atoms with E-state index in [0.29, 0.717) is 0 Å². The minimum atomic E-state index is -3.32. The van der Waals surface area contributed by atoms with Crippen LogP contribution in [0.1, 0.15) is 87.5 Å². The Morgan fingerprint density at radius 3 is 1.42 bits per heavy atom. The van der Waals surface area contributed by atoms with Gasteiger partial charge in [0, 0.05) is 22.3 Å². The van der Waals surface area contributed by atoms with E-state index in [1.54, 1.807) is 6.66 Å². The lowest BCUT2D eigenvalue weighted by atomic mass is 9.76. The predicted molar refractivity (Wildman–Crippen MR) is 128 cm³/mol. The van der Waals surface area contributed by atoms with Gasteiger partial charge in [-0.1, -0.05) is 51.7 Å². The van der Waals surface area contributed by atoms with Gasteiger partial charge < -0.3 is 9.05 Å². The van der Waals surface area contributed by atoms with Gasteiger partial charge >= 0.3 is 7.60 Å². The molecule has 2 aromatic rings. The quantitative estimate of drug-likeness (QED) is 0.443. The lowest BCUT2D eigenvalue weighted by molar-refractivity contribution is 0.381. The van der Waals surface area contributed by atoms with Crippen LogP contribution in [-0.4, -0.2) is 6.66 Å². The first-order valence-electron chi connectivity index (χ1n) is 11.9. The average molecular weight is 439 g/mol. The maximum Gasteiger partial charge on any atom is 0.427 e. The fraction of sp³-hybridized carbons (Fsp3) is 0.556. The summed E-state index contributed by atoms with van der Waals surface area (Å²) in [4.78, 5) is 0. The molecule has 5 rings (SSSR count). The second-order valence-electron chi connectivity index (χ2n) is 10.9. The Bertz CT molecular complexity index is 1000. The normalized spacial score (nSPS) is 22.7. The van der Waals surface area contributed by atoms with Crippen molar-refractivity contribution in [3.05, 3.63) is 46.5 Å². The summed E-state index contributed by atoms with van der Waals surface area (Å²) in [5.74, 6) is 1.57. The maximum atomic E-state index is 13.6. The SMILES string of the molecule is Cc1cc2c(c(C3(C)CCCC3)c1)OP(C)(=O)Oc1c-2cc(C)cc1C1(C)CCCC1. The Kier molecular flexibility index (Phi) is 4.87. The minimum Gasteiger partial charge on any atom is -0.415 e. The van der Waals surface area contributed by atoms with Crippen molar-refractivity contribution in [1.82, 2.24) is 0 Å². The lowest BCUT2D eigenvalue weighted by Crippen LogP contribution is -2.18. The van der Waals surface area contributed by atoms with Crippen LogP contribution in [0.3, 0.4) is 0 Å². The first-order chi connectivity index (χ1) is 14.6. The van der Waals surface area contributed by atoms with E-state index >= 15 is 0 Å². The van der Waals surface area contributed by atoms with Crippen LogP contribution in [0.5, 0.6) is 11.5 Å². The summed E-state index contributed by atoms with van der Waals surface area (Å²) < 4.78 is 26.3. The maximum absolute atomic E-state index is 13.6. The van der Waals surface area contributed by atoms with Gasteiger partial charge in [-0.05, 0) is 73.6 Å². The Balaban J connectivity index is 1.82. The van der Waals surface area contributed by atoms with E-state index in [-0.39, 0.29) is 10.8 Å². The summed E-state index contributed by atoms with van der Waals surface area (Å²) >= 11 is 0. The number of hydrogen-bond donors (Lipinski definition) is 0. The molecule has 0 amide bonds. The number of rotatable bonds is 2. The highest BCUT2D eigenvalue weighted by Gasteiger charge is 2.41. The highest BCUT2D eigenvalue weighted by molar-refractivity contribution is 7.53. The molecule has 1 heterocycles. The highest BCUT2D eigenvalue weighted by atomic mass is 31.2. The smallest absolute Gasteiger partial charge is 0.415 e. The molecule has 3 aliphatic rings. The number of hydrogen-bond acceptors (Lipinski definition) is 3. The summed E-state index contributed by atoms with van der Waals surface area (Å²) in [6.07, 6.45) is 9.51. The van der Waals surface area contributed by atoms with E-state index in [1.807, 2.05) is 0 Å². The van der Waals surface area contributed by atoms with Crippen molar-refractivity contribution in [2.45, 2.75) is 89.9 Å². The molecule has 1 aliphatic heterocycles. The second kappa shape index (κ2) is 7.14. The minimum absolute atomic E-state index is 0.0602. The van der Waals surface area contributed by atoms with Crippen molar-refractivity contribution in [3.8, 4) is 22.6 Å². The molecule has 0 unspecified atom stereocenters. The van der Waals surface area contributed by atoms with Crippen LogP contribution in [0.25, 0.3) is 11.1 Å². The van der Waals surface area contributed by atoms with Crippen LogP contribution < -0.4 is 9.05 Å². The van der Waals surface area contributed by atoms with Crippen molar-refractivity contribution in [2.24, 2.45) is 0 Å². The van der Waals surface area contributed by atoms with Crippen LogP contribution in [0.15, 0.2) is 24.3 Å². The number of fused-ring (bicyclic) bond motifs is 3. The van der Waals surface area contributed by atoms with Crippen LogP contribution in [0, 0.1) is 13.8 Å². The van der Waals surface area contributed by atoms with Gasteiger partial charge in [-0.25, -0.2) is 4.57 Å². The molecule has 31 heavy (non-hydrogen) atoms. The summed E-state index contributed by atoms with van der Waals surface area (Å²) in [6.45, 7) is 10.6. The average Bonchev–Trinajstić information content (AvgIpc) is 3.31. The fourth-order valence-corrected chi connectivity index (χ4v) is 7.33. The molecule has 2 aromatic carbocycles. The molecule has 0 spiro atoms. The van der Waals surface area contributed by atoms with Crippen LogP contribution in [-0.2, 0) is 15.4 Å². The summed E-state index contributed by atoms with van der Waals surface area (Å²) in [5, 5.41) is 0. The van der Waals surface area contributed by atoms with E-state index < -0.39 is 7.60 Å². The van der Waals surface area contributed by atoms with Gasteiger partial charge in [0.05, 0.1) is 6.66 Å². The van der Waals surface area contributed by atoms with Crippen molar-refractivity contribution in [2.75, 3.05) is 6.66 Å². The van der Waals surface area contributed by atoms with Gasteiger partial charge in [-0.2, -0.15) is 0 Å². The number of benzene rings is 2. The highest BCUT2D eigenvalue weighted by Crippen LogP contribution is 2.60. The first-order valence-corrected chi connectivity index (χ1v) is 13.9. The van der Waals surface area contributed by atoms with Gasteiger partial charge in [-0.15, -0.1) is 0 Å². The molecular formula is C27H35O3P. The molecule has 2 saturated carbocycles. The first kappa shape index (κ1) is 21.1. The summed E-state index contributed by atoms with van der Waals surface area (Å²) in [5.41, 5.74) is 7.06. The molecule has 4 heteroatoms. The molecule has 2 aliphatic carbocycles. The van der Waals surface area contributed by atoms with Crippen LogP contribution >= 0.6 is 7.60 Å². The van der Waals surface area contributed by atoms with Gasteiger partial charge in [0.2, 0.25) is 0 Å². The molecule has 0 N–H and O–H groups in total. The van der Waals surface area contributed by atoms with E-state index in [1.165, 1.54) is 47.9 Å². The van der Waals surface area contributed by atoms with Crippen molar-refractivity contribution >= 4 is 7.60 Å². The Labute approximate surface area is 187 Å². The third-order valence-corrected chi connectivity index (χ3v) is 9.01. The Morgan fingerprint density at radius 2 is 1.06 bits per heavy atom. The molecular weight excluding hydrogens is 403 g/mol. The number of aryl methyl sites for hydroxylation is 2. The van der Waals surface area contributed by atoms with E-state index in [9.17, 15) is 4.57 Å². The third kappa shape index (κ3) is 3.54. The largest absolute Gasteiger partial charge is 0.427 e. The van der Waals surface area contributed by atoms with Crippen LogP contribution in [0.2, 0.25) is 0 Å². The summed E-state index contributed by atoms with van der Waals surface area (Å²) in [7, 11) is -3.32. The van der Waals surface area contributed by atoms with Crippen molar-refractivity contribution in [1.29, 1.82) is 0 Å². The van der Waals surface area contributed by atoms with Gasteiger partial charge in [0.25, 0.3) is 0 Å². The van der Waals surface area contributed by atoms with E-state index in [2.05, 4.69) is 52.0 Å². The third-order valence-electron chi connectivity index (χ3n) is 7.99. The molecule has 0 atom stereocenters. The topological polar surface area (TPSA) is 35.5 Å². The lowest BCUT2D eigenvalue weighted by Gasteiger charge is -2.28. The Morgan fingerprint density at radius 1 is 0.710 bits per heavy atom. The molecule has 166 valence electrons. The monoisotopic (exact) mass is 438 g/mol. The summed E-state index contributed by atoms with van der Waals surface area (Å²) in [6, 6.07) is 8.91. The van der Waals surface area contributed by atoms with Crippen molar-refractivity contribution < 1.29 is 13.6 Å². The van der Waals surface area contributed by atoms with E-state index in [4.69, 9.17) is 9.05 Å². The molecule has 0 saturated heterocycles. The molecule has 0 radical (unpaired) electrons. The molecule has 3 nitrogen and oxygen atoms in total. The van der Waals surface area contributed by atoms with Crippen molar-refractivity contribution in [3.63, 3.8) is 0 Å². The van der Waals surface area contributed by atoms with Crippen LogP contribution in [0.4, 0.5) is 0 Å². The van der Waals surface area contributed by atoms with Gasteiger partial charge in [-0.3, -0.25) is 0 Å². The standard InChI is InChI=1S/C27H35O3P/c1-18-14-20-21-15-19(2)17-23(27(4)12-8-9-13-27)25(21)30-31(5,28)29-24(20)22(16-18)26(3)10-6-7-11-26/h14-17H,6-13H2,1-5H3. The molecule has 0 aromatic heterocycles. The zero-order valence-electron chi connectivity index (χ0n) is 19.6. The van der Waals surface area contributed by atoms with Gasteiger partial charge in [0.1, 0.15) is 11.5 Å². The van der Waals surface area contributed by atoms with E-state index in [0.717, 1.165) is 48.3 Å².